The Balaban J connectivity index is 2.04. The van der Waals surface area contributed by atoms with Crippen LogP contribution in [-0.2, 0) is 11.2 Å². The number of carboxylic acid groups (broad SMARTS) is 1. The second kappa shape index (κ2) is 5.09. The molecule has 1 aromatic carbocycles. The van der Waals surface area contributed by atoms with E-state index < -0.39 is 11.8 Å². The number of nitrogens with zero attached hydrogens (tertiary/aromatic N) is 1. The molecule has 1 heterocycles. The van der Waals surface area contributed by atoms with Crippen LogP contribution in [0.25, 0.3) is 0 Å². The van der Waals surface area contributed by atoms with E-state index in [1.165, 1.54) is 4.90 Å². The quantitative estimate of drug-likeness (QED) is 0.821. The molecule has 2 rings (SSSR count). The summed E-state index contributed by atoms with van der Waals surface area (Å²) in [4.78, 5) is 12.7. The second-order valence-electron chi connectivity index (χ2n) is 5.30. The van der Waals surface area contributed by atoms with E-state index in [9.17, 15) is 9.90 Å². The maximum absolute atomic E-state index is 11.3. The van der Waals surface area contributed by atoms with Crippen LogP contribution in [0.15, 0.2) is 24.3 Å². The lowest BCUT2D eigenvalue weighted by Gasteiger charge is -2.31. The van der Waals surface area contributed by atoms with Gasteiger partial charge in [0.15, 0.2) is 0 Å². The second-order valence-corrected chi connectivity index (χ2v) is 5.30. The number of rotatable bonds is 3. The fraction of sp³-hybridized carbons (Fsp3) is 0.500. The molecule has 104 valence electrons. The number of amides is 1. The Bertz CT molecular complexity index is 474. The molecule has 0 unspecified atom stereocenters. The molecule has 19 heavy (non-hydrogen) atoms. The average molecular weight is 264 g/mol. The Kier molecular flexibility index (Phi) is 3.66. The summed E-state index contributed by atoms with van der Waals surface area (Å²) >= 11 is 0. The maximum atomic E-state index is 11.3. The molecule has 1 atom stereocenters. The predicted octanol–water partition coefficient (Wildman–Crippen LogP) is 2.32. The summed E-state index contributed by atoms with van der Waals surface area (Å²) in [6.45, 7) is 3.99. The van der Waals surface area contributed by atoms with Crippen molar-refractivity contribution in [2.24, 2.45) is 0 Å². The summed E-state index contributed by atoms with van der Waals surface area (Å²) in [5, 5.41) is 9.29. The molecule has 1 aromatic rings. The first-order valence-electron chi connectivity index (χ1n) is 6.41. The van der Waals surface area contributed by atoms with Crippen molar-refractivity contribution >= 4 is 11.8 Å². The number of nitrogens with two attached hydrogens (primary N) is 1. The first-order chi connectivity index (χ1) is 8.92. The fourth-order valence-electron chi connectivity index (χ4n) is 2.57. The summed E-state index contributed by atoms with van der Waals surface area (Å²) in [5.74, 6) is 0. The van der Waals surface area contributed by atoms with Crippen molar-refractivity contribution in [1.29, 1.82) is 0 Å². The van der Waals surface area contributed by atoms with Gasteiger partial charge in [-0.3, -0.25) is 4.90 Å². The van der Waals surface area contributed by atoms with Crippen LogP contribution >= 0.6 is 0 Å². The third kappa shape index (κ3) is 2.81. The Morgan fingerprint density at radius 1 is 1.53 bits per heavy atom. The molecule has 1 aliphatic rings. The van der Waals surface area contributed by atoms with E-state index in [-0.39, 0.29) is 6.04 Å². The molecule has 0 radical (unpaired) electrons. The van der Waals surface area contributed by atoms with Gasteiger partial charge in [-0.1, -0.05) is 18.2 Å². The van der Waals surface area contributed by atoms with Crippen LogP contribution < -0.4 is 5.73 Å². The zero-order chi connectivity index (χ0) is 14.0. The third-order valence-corrected chi connectivity index (χ3v) is 3.58. The smallest absolute Gasteiger partial charge is 0.409 e. The predicted molar refractivity (Wildman–Crippen MR) is 72.9 cm³/mol. The molecular weight excluding hydrogens is 244 g/mol. The van der Waals surface area contributed by atoms with Gasteiger partial charge in [-0.2, -0.15) is 0 Å². The van der Waals surface area contributed by atoms with Crippen molar-refractivity contribution in [3.63, 3.8) is 0 Å². The van der Waals surface area contributed by atoms with Gasteiger partial charge in [0.25, 0.3) is 0 Å². The molecular formula is C14H20N2O3. The molecule has 5 nitrogen and oxygen atoms in total. The molecule has 3 N–H and O–H groups in total. The number of hydrogen-bond acceptors (Lipinski definition) is 3. The minimum atomic E-state index is -0.937. The number of aryl methyl sites for hydroxylation is 1. The average Bonchev–Trinajstić information content (AvgIpc) is 2.63. The number of anilines is 1. The number of para-hydroxylation sites is 1. The van der Waals surface area contributed by atoms with Crippen LogP contribution in [-0.4, -0.2) is 34.5 Å². The molecule has 0 aromatic heterocycles. The summed E-state index contributed by atoms with van der Waals surface area (Å²) < 4.78 is 5.56. The SMILES string of the molecule is CC1(C)OC[C@@H](CCc2ccccc2N)N1C(=O)O. The molecule has 1 saturated heterocycles. The van der Waals surface area contributed by atoms with Crippen molar-refractivity contribution < 1.29 is 14.6 Å². The van der Waals surface area contributed by atoms with Crippen molar-refractivity contribution in [2.45, 2.75) is 38.5 Å². The van der Waals surface area contributed by atoms with E-state index in [4.69, 9.17) is 10.5 Å². The number of hydrogen-bond donors (Lipinski definition) is 2. The summed E-state index contributed by atoms with van der Waals surface area (Å²) in [5.41, 5.74) is 6.95. The topological polar surface area (TPSA) is 75.8 Å². The Morgan fingerprint density at radius 3 is 2.84 bits per heavy atom. The van der Waals surface area contributed by atoms with E-state index in [2.05, 4.69) is 0 Å². The molecule has 0 saturated carbocycles. The zero-order valence-electron chi connectivity index (χ0n) is 11.3. The van der Waals surface area contributed by atoms with Gasteiger partial charge in [0.1, 0.15) is 5.72 Å². The highest BCUT2D eigenvalue weighted by Crippen LogP contribution is 2.30. The molecule has 0 aliphatic carbocycles. The van der Waals surface area contributed by atoms with Gasteiger partial charge in [0.05, 0.1) is 12.6 Å². The Morgan fingerprint density at radius 2 is 2.21 bits per heavy atom. The van der Waals surface area contributed by atoms with Crippen LogP contribution in [0.4, 0.5) is 10.5 Å². The number of ether oxygens (including phenoxy) is 1. The van der Waals surface area contributed by atoms with Gasteiger partial charge in [-0.15, -0.1) is 0 Å². The van der Waals surface area contributed by atoms with E-state index in [1.54, 1.807) is 13.8 Å². The lowest BCUT2D eigenvalue weighted by atomic mass is 10.0. The number of benzene rings is 1. The van der Waals surface area contributed by atoms with Gasteiger partial charge < -0.3 is 15.6 Å². The first kappa shape index (κ1) is 13.7. The van der Waals surface area contributed by atoms with E-state index in [1.807, 2.05) is 24.3 Å². The molecule has 1 fully saturated rings. The van der Waals surface area contributed by atoms with Gasteiger partial charge >= 0.3 is 6.09 Å². The molecule has 5 heteroatoms. The van der Waals surface area contributed by atoms with Crippen LogP contribution in [0.5, 0.6) is 0 Å². The van der Waals surface area contributed by atoms with Gasteiger partial charge in [-0.05, 0) is 38.3 Å². The van der Waals surface area contributed by atoms with Crippen LogP contribution in [0.3, 0.4) is 0 Å². The standard InChI is InChI=1S/C14H20N2O3/c1-14(2)16(13(17)18)11(9-19-14)8-7-10-5-3-4-6-12(10)15/h3-6,11H,7-9,15H2,1-2H3,(H,17,18)/t11-/m1/s1. The highest BCUT2D eigenvalue weighted by Gasteiger charge is 2.43. The van der Waals surface area contributed by atoms with Crippen molar-refractivity contribution in [3.8, 4) is 0 Å². The minimum absolute atomic E-state index is 0.118. The number of carbonyl (C=O) groups is 1. The van der Waals surface area contributed by atoms with Crippen molar-refractivity contribution in [1.82, 2.24) is 4.90 Å². The first-order valence-corrected chi connectivity index (χ1v) is 6.41. The summed E-state index contributed by atoms with van der Waals surface area (Å²) in [7, 11) is 0. The lowest BCUT2D eigenvalue weighted by Crippen LogP contribution is -2.47. The molecule has 1 amide bonds. The van der Waals surface area contributed by atoms with Gasteiger partial charge in [0.2, 0.25) is 0 Å². The third-order valence-electron chi connectivity index (χ3n) is 3.58. The highest BCUT2D eigenvalue weighted by atomic mass is 16.5. The van der Waals surface area contributed by atoms with Gasteiger partial charge in [-0.25, -0.2) is 4.79 Å². The summed E-state index contributed by atoms with van der Waals surface area (Å²) in [6.07, 6.45) is 0.526. The van der Waals surface area contributed by atoms with E-state index in [0.29, 0.717) is 13.0 Å². The normalized spacial score (nSPS) is 21.6. The largest absolute Gasteiger partial charge is 0.465 e. The minimum Gasteiger partial charge on any atom is -0.465 e. The Labute approximate surface area is 113 Å². The van der Waals surface area contributed by atoms with Crippen molar-refractivity contribution in [3.05, 3.63) is 29.8 Å². The lowest BCUT2D eigenvalue weighted by molar-refractivity contribution is -0.0421. The van der Waals surface area contributed by atoms with Crippen molar-refractivity contribution in [2.75, 3.05) is 12.3 Å². The zero-order valence-corrected chi connectivity index (χ0v) is 11.3. The molecule has 0 spiro atoms. The molecule has 1 aliphatic heterocycles. The van der Waals surface area contributed by atoms with Crippen LogP contribution in [0, 0.1) is 0 Å². The van der Waals surface area contributed by atoms with E-state index in [0.717, 1.165) is 17.7 Å². The highest BCUT2D eigenvalue weighted by molar-refractivity contribution is 5.66. The van der Waals surface area contributed by atoms with Crippen LogP contribution in [0.1, 0.15) is 25.8 Å². The number of nitrogen functional groups attached to an aromatic ring is 1. The fourth-order valence-corrected chi connectivity index (χ4v) is 2.57. The summed E-state index contributed by atoms with van der Waals surface area (Å²) in [6, 6.07) is 7.55. The van der Waals surface area contributed by atoms with Gasteiger partial charge in [0, 0.05) is 5.69 Å². The van der Waals surface area contributed by atoms with E-state index >= 15 is 0 Å². The molecule has 0 bridgehead atoms. The maximum Gasteiger partial charge on any atom is 0.409 e. The Hall–Kier alpha value is -1.75. The van der Waals surface area contributed by atoms with Crippen LogP contribution in [0.2, 0.25) is 0 Å². The monoisotopic (exact) mass is 264 g/mol.